The number of ether oxygens (including phenoxy) is 1. The Morgan fingerprint density at radius 2 is 1.80 bits per heavy atom. The van der Waals surface area contributed by atoms with Gasteiger partial charge in [0.1, 0.15) is 5.75 Å². The number of Topliss-reactive ketones (excluding diaryl/α,β-unsaturated/α-hetero) is 1. The average molecular weight is 331 g/mol. The molecule has 1 heterocycles. The number of carbonyl (C=O) groups is 2. The van der Waals surface area contributed by atoms with Gasteiger partial charge in [-0.2, -0.15) is 0 Å². The molecule has 1 amide bonds. The summed E-state index contributed by atoms with van der Waals surface area (Å²) in [5.74, 6) is 0.426. The Morgan fingerprint density at radius 1 is 0.960 bits per heavy atom. The van der Waals surface area contributed by atoms with E-state index < -0.39 is 0 Å². The molecule has 25 heavy (non-hydrogen) atoms. The molecule has 0 unspecified atom stereocenters. The normalized spacial score (nSPS) is 13.2. The van der Waals surface area contributed by atoms with Crippen LogP contribution in [0.25, 0.3) is 10.8 Å². The monoisotopic (exact) mass is 331 g/mol. The van der Waals surface area contributed by atoms with Gasteiger partial charge in [-0.3, -0.25) is 9.59 Å². The van der Waals surface area contributed by atoms with Crippen molar-refractivity contribution >= 4 is 28.2 Å². The van der Waals surface area contributed by atoms with Crippen molar-refractivity contribution in [3.63, 3.8) is 0 Å². The molecular formula is C21H17NO3. The number of carbonyl (C=O) groups excluding carboxylic acids is 2. The van der Waals surface area contributed by atoms with Crippen LogP contribution in [0.2, 0.25) is 0 Å². The van der Waals surface area contributed by atoms with E-state index in [2.05, 4.69) is 5.32 Å². The van der Waals surface area contributed by atoms with Crippen molar-refractivity contribution in [1.82, 2.24) is 0 Å². The Labute approximate surface area is 145 Å². The number of hydrogen-bond acceptors (Lipinski definition) is 3. The second-order valence-electron chi connectivity index (χ2n) is 6.11. The highest BCUT2D eigenvalue weighted by Gasteiger charge is 2.19. The highest BCUT2D eigenvalue weighted by Crippen LogP contribution is 2.32. The Kier molecular flexibility index (Phi) is 3.94. The third-order valence-corrected chi connectivity index (χ3v) is 4.43. The van der Waals surface area contributed by atoms with E-state index in [1.807, 2.05) is 54.6 Å². The number of anilines is 1. The minimum Gasteiger partial charge on any atom is -0.483 e. The first-order chi connectivity index (χ1) is 12.2. The molecule has 1 N–H and O–H groups in total. The predicted octanol–water partition coefficient (Wildman–Crippen LogP) is 3.99. The van der Waals surface area contributed by atoms with E-state index in [0.29, 0.717) is 29.8 Å². The lowest BCUT2D eigenvalue weighted by atomic mass is 10.0. The second kappa shape index (κ2) is 6.40. The zero-order valence-electron chi connectivity index (χ0n) is 13.6. The molecule has 0 aliphatic carbocycles. The van der Waals surface area contributed by atoms with E-state index in [1.54, 1.807) is 6.07 Å². The van der Waals surface area contributed by atoms with Crippen LogP contribution in [-0.4, -0.2) is 18.3 Å². The molecule has 0 saturated carbocycles. The fourth-order valence-electron chi connectivity index (χ4n) is 3.09. The minimum absolute atomic E-state index is 0.0237. The van der Waals surface area contributed by atoms with Crippen LogP contribution >= 0.6 is 0 Å². The number of fused-ring (bicyclic) bond motifs is 2. The molecule has 1 aliphatic heterocycles. The van der Waals surface area contributed by atoms with Gasteiger partial charge < -0.3 is 10.1 Å². The maximum atomic E-state index is 12.5. The number of amides is 1. The Bertz CT molecular complexity index is 978. The van der Waals surface area contributed by atoms with E-state index in [9.17, 15) is 9.59 Å². The lowest BCUT2D eigenvalue weighted by Crippen LogP contribution is -2.20. The predicted molar refractivity (Wildman–Crippen MR) is 97.2 cm³/mol. The van der Waals surface area contributed by atoms with Gasteiger partial charge >= 0.3 is 0 Å². The molecule has 0 aromatic heterocycles. The van der Waals surface area contributed by atoms with Crippen LogP contribution in [0.4, 0.5) is 5.69 Å². The van der Waals surface area contributed by atoms with Gasteiger partial charge in [0, 0.05) is 12.0 Å². The van der Waals surface area contributed by atoms with Crippen LogP contribution in [0.5, 0.6) is 5.75 Å². The molecule has 4 rings (SSSR count). The first-order valence-corrected chi connectivity index (χ1v) is 8.27. The maximum absolute atomic E-state index is 12.5. The molecule has 0 radical (unpaired) electrons. The number of nitrogens with one attached hydrogen (secondary N) is 1. The molecule has 0 saturated heterocycles. The summed E-state index contributed by atoms with van der Waals surface area (Å²) in [7, 11) is 0. The van der Waals surface area contributed by atoms with Crippen molar-refractivity contribution in [2.45, 2.75) is 12.8 Å². The van der Waals surface area contributed by atoms with Crippen LogP contribution in [0, 0.1) is 0 Å². The van der Waals surface area contributed by atoms with Gasteiger partial charge in [0.05, 0.1) is 5.69 Å². The van der Waals surface area contributed by atoms with Gasteiger partial charge in [-0.25, -0.2) is 0 Å². The molecule has 3 aromatic rings. The number of para-hydroxylation sites is 1. The number of rotatable bonds is 4. The lowest BCUT2D eigenvalue weighted by molar-refractivity contribution is -0.116. The van der Waals surface area contributed by atoms with Gasteiger partial charge in [-0.15, -0.1) is 0 Å². The fraction of sp³-hybridized carbons (Fsp3) is 0.143. The topological polar surface area (TPSA) is 55.4 Å². The largest absolute Gasteiger partial charge is 0.483 e. The third kappa shape index (κ3) is 3.11. The highest BCUT2D eigenvalue weighted by molar-refractivity contribution is 6.01. The maximum Gasteiger partial charge on any atom is 0.224 e. The van der Waals surface area contributed by atoms with Gasteiger partial charge in [-0.05, 0) is 34.9 Å². The van der Waals surface area contributed by atoms with E-state index in [0.717, 1.165) is 16.3 Å². The molecular weight excluding hydrogens is 314 g/mol. The molecule has 4 nitrogen and oxygen atoms in total. The molecule has 0 bridgehead atoms. The summed E-state index contributed by atoms with van der Waals surface area (Å²) in [5, 5.41) is 4.96. The first kappa shape index (κ1) is 15.4. The first-order valence-electron chi connectivity index (χ1n) is 8.27. The van der Waals surface area contributed by atoms with Gasteiger partial charge in [-0.1, -0.05) is 48.5 Å². The van der Waals surface area contributed by atoms with E-state index in [4.69, 9.17) is 4.74 Å². The number of ketones is 1. The van der Waals surface area contributed by atoms with Crippen molar-refractivity contribution in [3.05, 3.63) is 71.8 Å². The van der Waals surface area contributed by atoms with Crippen LogP contribution < -0.4 is 10.1 Å². The molecule has 0 spiro atoms. The van der Waals surface area contributed by atoms with Gasteiger partial charge in [0.2, 0.25) is 5.91 Å². The van der Waals surface area contributed by atoms with Crippen molar-refractivity contribution in [3.8, 4) is 5.75 Å². The lowest BCUT2D eigenvalue weighted by Gasteiger charge is -2.20. The Hall–Kier alpha value is -3.14. The van der Waals surface area contributed by atoms with Crippen molar-refractivity contribution in [2.75, 3.05) is 11.9 Å². The van der Waals surface area contributed by atoms with Crippen molar-refractivity contribution in [1.29, 1.82) is 0 Å². The molecule has 3 aromatic carbocycles. The Morgan fingerprint density at radius 3 is 2.68 bits per heavy atom. The number of aryl methyl sites for hydroxylation is 1. The summed E-state index contributed by atoms with van der Waals surface area (Å²) in [4.78, 5) is 24.1. The summed E-state index contributed by atoms with van der Waals surface area (Å²) in [6, 6.07) is 19.2. The van der Waals surface area contributed by atoms with Gasteiger partial charge in [0.25, 0.3) is 0 Å². The van der Waals surface area contributed by atoms with Gasteiger partial charge in [0.15, 0.2) is 12.4 Å². The quantitative estimate of drug-likeness (QED) is 0.736. The molecule has 124 valence electrons. The zero-order valence-corrected chi connectivity index (χ0v) is 13.6. The number of hydrogen-bond donors (Lipinski definition) is 1. The SMILES string of the molecule is O=C1CCc2cccc(OCC(=O)c3ccc4ccccc4c3)c2N1. The fourth-order valence-corrected chi connectivity index (χ4v) is 3.09. The van der Waals surface area contributed by atoms with Crippen LogP contribution in [0.3, 0.4) is 0 Å². The van der Waals surface area contributed by atoms with E-state index in [1.165, 1.54) is 0 Å². The van der Waals surface area contributed by atoms with E-state index in [-0.39, 0.29) is 18.3 Å². The van der Waals surface area contributed by atoms with Crippen molar-refractivity contribution in [2.24, 2.45) is 0 Å². The standard InChI is InChI=1S/C21H17NO3/c23-18(17-9-8-14-4-1-2-5-16(14)12-17)13-25-19-7-3-6-15-10-11-20(24)22-21(15)19/h1-9,12H,10-11,13H2,(H,22,24). The summed E-state index contributed by atoms with van der Waals surface area (Å²) in [6.45, 7) is -0.0648. The summed E-state index contributed by atoms with van der Waals surface area (Å²) < 4.78 is 5.72. The summed E-state index contributed by atoms with van der Waals surface area (Å²) in [5.41, 5.74) is 2.34. The molecule has 4 heteroatoms. The molecule has 0 fully saturated rings. The third-order valence-electron chi connectivity index (χ3n) is 4.43. The summed E-state index contributed by atoms with van der Waals surface area (Å²) >= 11 is 0. The van der Waals surface area contributed by atoms with Crippen LogP contribution in [-0.2, 0) is 11.2 Å². The van der Waals surface area contributed by atoms with Crippen LogP contribution in [0.15, 0.2) is 60.7 Å². The second-order valence-corrected chi connectivity index (χ2v) is 6.11. The number of benzene rings is 3. The smallest absolute Gasteiger partial charge is 0.224 e. The van der Waals surface area contributed by atoms with Crippen molar-refractivity contribution < 1.29 is 14.3 Å². The summed E-state index contributed by atoms with van der Waals surface area (Å²) in [6.07, 6.45) is 1.17. The van der Waals surface area contributed by atoms with E-state index >= 15 is 0 Å². The minimum atomic E-state index is -0.0921. The average Bonchev–Trinajstić information content (AvgIpc) is 2.65. The van der Waals surface area contributed by atoms with Crippen LogP contribution in [0.1, 0.15) is 22.3 Å². The molecule has 1 aliphatic rings. The zero-order chi connectivity index (χ0) is 17.2. The molecule has 0 atom stereocenters. The Balaban J connectivity index is 1.53. The highest BCUT2D eigenvalue weighted by atomic mass is 16.5.